The zero-order valence-corrected chi connectivity index (χ0v) is 26.0. The van der Waals surface area contributed by atoms with Crippen molar-refractivity contribution >= 4 is 104 Å². The molecule has 0 aromatic heterocycles. The van der Waals surface area contributed by atoms with Crippen LogP contribution in [0.15, 0.2) is 58.3 Å². The van der Waals surface area contributed by atoms with Crippen molar-refractivity contribution in [3.05, 3.63) is 69.5 Å². The van der Waals surface area contributed by atoms with Crippen LogP contribution in [0.2, 0.25) is 0 Å². The predicted molar refractivity (Wildman–Crippen MR) is 173 cm³/mol. The standard InChI is InChI=1S/C28H24N4O8S4/c33-19(29-17-7-1-5-15(13-17)25(37)38)9-3-11-31-23(35)21(43-27(31)41)22-24(36)32(28(42)44-22)12-4-10-20(34)30-18-8-2-6-16(14-18)26(39)40/h1-2,5-8,13-14H,3-4,9-12H2,(H,29,33)(H,30,34)(H,37,38)(H,39,40). The van der Waals surface area contributed by atoms with Gasteiger partial charge in [-0.2, -0.15) is 0 Å². The fraction of sp³-hybridized carbons (Fsp3) is 0.214. The monoisotopic (exact) mass is 672 g/mol. The van der Waals surface area contributed by atoms with Gasteiger partial charge in [0, 0.05) is 37.3 Å². The lowest BCUT2D eigenvalue weighted by atomic mass is 10.2. The Labute approximate surface area is 270 Å². The van der Waals surface area contributed by atoms with Gasteiger partial charge in [0.25, 0.3) is 11.8 Å². The highest BCUT2D eigenvalue weighted by atomic mass is 32.2. The summed E-state index contributed by atoms with van der Waals surface area (Å²) >= 11 is 12.7. The molecule has 44 heavy (non-hydrogen) atoms. The van der Waals surface area contributed by atoms with Gasteiger partial charge in [-0.15, -0.1) is 0 Å². The Morgan fingerprint density at radius 1 is 0.682 bits per heavy atom. The third-order valence-corrected chi connectivity index (χ3v) is 9.29. The van der Waals surface area contributed by atoms with E-state index in [1.54, 1.807) is 12.1 Å². The zero-order valence-electron chi connectivity index (χ0n) is 22.7. The van der Waals surface area contributed by atoms with Crippen molar-refractivity contribution in [2.24, 2.45) is 0 Å². The minimum absolute atomic E-state index is 0.0388. The summed E-state index contributed by atoms with van der Waals surface area (Å²) in [5.41, 5.74) is 0.760. The van der Waals surface area contributed by atoms with Crippen molar-refractivity contribution in [1.82, 2.24) is 9.80 Å². The van der Waals surface area contributed by atoms with E-state index in [0.29, 0.717) is 11.4 Å². The van der Waals surface area contributed by atoms with Gasteiger partial charge in [-0.1, -0.05) is 60.1 Å². The molecule has 2 aliphatic heterocycles. The first-order chi connectivity index (χ1) is 20.9. The maximum atomic E-state index is 13.2. The molecule has 4 rings (SSSR count). The van der Waals surface area contributed by atoms with Gasteiger partial charge < -0.3 is 20.8 Å². The molecule has 12 nitrogen and oxygen atoms in total. The van der Waals surface area contributed by atoms with Gasteiger partial charge in [0.15, 0.2) is 0 Å². The molecule has 228 valence electrons. The topological polar surface area (TPSA) is 173 Å². The normalized spacial score (nSPS) is 16.5. The van der Waals surface area contributed by atoms with E-state index in [9.17, 15) is 28.8 Å². The Bertz CT molecular complexity index is 1510. The van der Waals surface area contributed by atoms with Crippen LogP contribution in [0.3, 0.4) is 0 Å². The Kier molecular flexibility index (Phi) is 10.9. The number of carbonyl (C=O) groups is 6. The van der Waals surface area contributed by atoms with Crippen LogP contribution in [0.4, 0.5) is 11.4 Å². The molecule has 0 radical (unpaired) electrons. The lowest BCUT2D eigenvalue weighted by molar-refractivity contribution is -0.124. The van der Waals surface area contributed by atoms with Gasteiger partial charge in [0.2, 0.25) is 11.8 Å². The van der Waals surface area contributed by atoms with Crippen LogP contribution in [0.5, 0.6) is 0 Å². The number of nitrogens with one attached hydrogen (secondary N) is 2. The minimum atomic E-state index is -1.11. The smallest absolute Gasteiger partial charge is 0.335 e. The first-order valence-corrected chi connectivity index (χ1v) is 15.5. The summed E-state index contributed by atoms with van der Waals surface area (Å²) in [5.74, 6) is -3.87. The van der Waals surface area contributed by atoms with Crippen LogP contribution in [0.25, 0.3) is 0 Å². The average Bonchev–Trinajstić information content (AvgIpc) is 3.42. The molecular weight excluding hydrogens is 649 g/mol. The number of aromatic carboxylic acids is 2. The molecule has 2 aromatic carbocycles. The summed E-state index contributed by atoms with van der Waals surface area (Å²) in [7, 11) is 0. The van der Waals surface area contributed by atoms with E-state index in [0.717, 1.165) is 23.5 Å². The van der Waals surface area contributed by atoms with Crippen molar-refractivity contribution in [1.29, 1.82) is 0 Å². The molecule has 2 aromatic rings. The number of rotatable bonds is 12. The lowest BCUT2D eigenvalue weighted by Crippen LogP contribution is -2.31. The van der Waals surface area contributed by atoms with Crippen LogP contribution < -0.4 is 10.6 Å². The molecular formula is C28H24N4O8S4. The van der Waals surface area contributed by atoms with E-state index in [1.807, 2.05) is 0 Å². The Morgan fingerprint density at radius 2 is 1.07 bits per heavy atom. The summed E-state index contributed by atoms with van der Waals surface area (Å²) in [5, 5.41) is 23.4. The van der Waals surface area contributed by atoms with Crippen LogP contribution in [-0.2, 0) is 19.2 Å². The van der Waals surface area contributed by atoms with Gasteiger partial charge in [0.05, 0.1) is 20.9 Å². The number of carboxylic acids is 2. The van der Waals surface area contributed by atoms with Gasteiger partial charge in [-0.3, -0.25) is 29.0 Å². The van der Waals surface area contributed by atoms with Crippen molar-refractivity contribution in [2.75, 3.05) is 23.7 Å². The average molecular weight is 673 g/mol. The summed E-state index contributed by atoms with van der Waals surface area (Å²) in [4.78, 5) is 76.2. The molecule has 2 saturated heterocycles. The van der Waals surface area contributed by atoms with Crippen molar-refractivity contribution in [3.63, 3.8) is 0 Å². The van der Waals surface area contributed by atoms with Crippen LogP contribution >= 0.6 is 48.0 Å². The molecule has 0 spiro atoms. The van der Waals surface area contributed by atoms with Crippen LogP contribution in [-0.4, -0.2) is 77.3 Å². The van der Waals surface area contributed by atoms with Crippen molar-refractivity contribution in [2.45, 2.75) is 25.7 Å². The number of hydrogen-bond acceptors (Lipinski definition) is 10. The molecule has 2 fully saturated rings. The molecule has 0 unspecified atom stereocenters. The third-order valence-electron chi connectivity index (χ3n) is 6.26. The predicted octanol–water partition coefficient (Wildman–Crippen LogP) is 4.15. The minimum Gasteiger partial charge on any atom is -0.478 e. The van der Waals surface area contributed by atoms with Crippen LogP contribution in [0, 0.1) is 0 Å². The maximum Gasteiger partial charge on any atom is 0.335 e. The summed E-state index contributed by atoms with van der Waals surface area (Å²) in [6.45, 7) is 0.281. The number of carboxylic acid groups (broad SMARTS) is 2. The number of benzene rings is 2. The molecule has 4 N–H and O–H groups in total. The van der Waals surface area contributed by atoms with Gasteiger partial charge in [-0.05, 0) is 49.2 Å². The van der Waals surface area contributed by atoms with E-state index in [4.69, 9.17) is 34.6 Å². The van der Waals surface area contributed by atoms with Gasteiger partial charge in [-0.25, -0.2) is 9.59 Å². The zero-order chi connectivity index (χ0) is 32.0. The largest absolute Gasteiger partial charge is 0.478 e. The number of hydrogen-bond donors (Lipinski definition) is 4. The summed E-state index contributed by atoms with van der Waals surface area (Å²) in [6.07, 6.45) is 0.635. The fourth-order valence-electron chi connectivity index (χ4n) is 4.16. The number of amides is 4. The second-order valence-electron chi connectivity index (χ2n) is 9.38. The van der Waals surface area contributed by atoms with Gasteiger partial charge >= 0.3 is 11.9 Å². The summed E-state index contributed by atoms with van der Waals surface area (Å²) < 4.78 is 0.488. The van der Waals surface area contributed by atoms with E-state index in [1.165, 1.54) is 46.2 Å². The highest BCUT2D eigenvalue weighted by Crippen LogP contribution is 2.42. The molecule has 16 heteroatoms. The van der Waals surface area contributed by atoms with Gasteiger partial charge in [0.1, 0.15) is 8.64 Å². The highest BCUT2D eigenvalue weighted by molar-refractivity contribution is 8.29. The molecule has 0 saturated carbocycles. The number of carbonyl (C=O) groups excluding carboxylic acids is 4. The first-order valence-electron chi connectivity index (χ1n) is 13.0. The SMILES string of the molecule is O=C(CCCN1C(=O)C(=C2SC(=S)N(CCCC(=O)Nc3cccc(C(=O)O)c3)C2=O)SC1=S)Nc1cccc(C(=O)O)c1. The van der Waals surface area contributed by atoms with E-state index in [-0.39, 0.29) is 80.2 Å². The van der Waals surface area contributed by atoms with E-state index in [2.05, 4.69) is 10.6 Å². The second kappa shape index (κ2) is 14.6. The Hall–Kier alpha value is -4.12. The van der Waals surface area contributed by atoms with Crippen LogP contribution in [0.1, 0.15) is 46.4 Å². The third kappa shape index (κ3) is 8.07. The molecule has 0 bridgehead atoms. The number of anilines is 2. The molecule has 2 heterocycles. The quantitative estimate of drug-likeness (QED) is 0.188. The van der Waals surface area contributed by atoms with Crippen molar-refractivity contribution in [3.8, 4) is 0 Å². The number of nitrogens with zero attached hydrogens (tertiary/aromatic N) is 2. The van der Waals surface area contributed by atoms with E-state index >= 15 is 0 Å². The highest BCUT2D eigenvalue weighted by Gasteiger charge is 2.41. The fourth-order valence-corrected chi connectivity index (χ4v) is 6.93. The van der Waals surface area contributed by atoms with Crippen molar-refractivity contribution < 1.29 is 39.0 Å². The van der Waals surface area contributed by atoms with E-state index < -0.39 is 23.8 Å². The molecule has 4 amide bonds. The lowest BCUT2D eigenvalue weighted by Gasteiger charge is -2.15. The molecule has 0 atom stereocenters. The molecule has 0 aliphatic carbocycles. The maximum absolute atomic E-state index is 13.2. The molecule has 2 aliphatic rings. The summed E-state index contributed by atoms with van der Waals surface area (Å²) in [6, 6.07) is 11.7. The number of thiocarbonyl (C=S) groups is 2. The number of thioether (sulfide) groups is 2. The first kappa shape index (κ1) is 32.8. The Balaban J connectivity index is 1.27. The second-order valence-corrected chi connectivity index (χ2v) is 12.7. The Morgan fingerprint density at radius 3 is 1.43 bits per heavy atom.